The predicted octanol–water partition coefficient (Wildman–Crippen LogP) is 4.55. The van der Waals surface area contributed by atoms with Gasteiger partial charge in [-0.05, 0) is 42.0 Å². The zero-order chi connectivity index (χ0) is 27.2. The molecule has 2 aromatic heterocycles. The van der Waals surface area contributed by atoms with Crippen molar-refractivity contribution in [3.05, 3.63) is 70.6 Å². The zero-order valence-electron chi connectivity index (χ0n) is 18.5. The molecule has 0 radical (unpaired) electrons. The molecule has 0 N–H and O–H groups in total. The SMILES string of the molecule is CCS(=O)(=O)c1cc(-c2ccc(OC(F)(F)F)cc2)cnc1-n1nnc2ccc(C(F)(F)F)cc2c1=O. The molecule has 0 saturated carbocycles. The van der Waals surface area contributed by atoms with Crippen LogP contribution in [0, 0.1) is 0 Å². The molecule has 4 aromatic rings. The van der Waals surface area contributed by atoms with E-state index >= 15 is 0 Å². The number of rotatable bonds is 5. The van der Waals surface area contributed by atoms with Gasteiger partial charge in [0.1, 0.15) is 16.2 Å². The van der Waals surface area contributed by atoms with E-state index in [4.69, 9.17) is 0 Å². The lowest BCUT2D eigenvalue weighted by molar-refractivity contribution is -0.274. The molecule has 0 unspecified atom stereocenters. The largest absolute Gasteiger partial charge is 0.573 e. The van der Waals surface area contributed by atoms with E-state index < -0.39 is 61.1 Å². The average Bonchev–Trinajstić information content (AvgIpc) is 2.83. The summed E-state index contributed by atoms with van der Waals surface area (Å²) in [4.78, 5) is 16.6. The molecule has 37 heavy (non-hydrogen) atoms. The van der Waals surface area contributed by atoms with Crippen molar-refractivity contribution in [3.8, 4) is 22.7 Å². The Kier molecular flexibility index (Phi) is 6.44. The van der Waals surface area contributed by atoms with Crippen molar-refractivity contribution < 1.29 is 39.5 Å². The Hall–Kier alpha value is -4.01. The third-order valence-electron chi connectivity index (χ3n) is 5.16. The van der Waals surface area contributed by atoms with E-state index in [0.717, 1.165) is 36.5 Å². The molecular formula is C22H14F6N4O4S. The first kappa shape index (κ1) is 26.1. The van der Waals surface area contributed by atoms with Crippen molar-refractivity contribution in [2.45, 2.75) is 24.4 Å². The second-order valence-electron chi connectivity index (χ2n) is 7.56. The highest BCUT2D eigenvalue weighted by Gasteiger charge is 2.32. The molecule has 0 bridgehead atoms. The highest BCUT2D eigenvalue weighted by molar-refractivity contribution is 7.91. The van der Waals surface area contributed by atoms with Crippen molar-refractivity contribution >= 4 is 20.7 Å². The molecule has 8 nitrogen and oxygen atoms in total. The van der Waals surface area contributed by atoms with Gasteiger partial charge in [0.15, 0.2) is 15.7 Å². The van der Waals surface area contributed by atoms with E-state index in [1.165, 1.54) is 19.1 Å². The Morgan fingerprint density at radius 2 is 1.62 bits per heavy atom. The zero-order valence-corrected chi connectivity index (χ0v) is 19.3. The van der Waals surface area contributed by atoms with Crippen LogP contribution in [0.1, 0.15) is 12.5 Å². The van der Waals surface area contributed by atoms with Crippen LogP contribution in [-0.4, -0.2) is 40.5 Å². The van der Waals surface area contributed by atoms with Gasteiger partial charge in [-0.1, -0.05) is 24.3 Å². The number of sulfone groups is 1. The van der Waals surface area contributed by atoms with Crippen molar-refractivity contribution in [2.75, 3.05) is 5.75 Å². The van der Waals surface area contributed by atoms with Gasteiger partial charge in [-0.15, -0.1) is 18.3 Å². The minimum absolute atomic E-state index is 0.146. The topological polar surface area (TPSA) is 104 Å². The average molecular weight is 544 g/mol. The van der Waals surface area contributed by atoms with Crippen molar-refractivity contribution in [3.63, 3.8) is 0 Å². The van der Waals surface area contributed by atoms with Crippen LogP contribution in [0.5, 0.6) is 5.75 Å². The fourth-order valence-corrected chi connectivity index (χ4v) is 4.38. The quantitative estimate of drug-likeness (QED) is 0.340. The van der Waals surface area contributed by atoms with Gasteiger partial charge >= 0.3 is 12.5 Å². The summed E-state index contributed by atoms with van der Waals surface area (Å²) in [5.41, 5.74) is -1.91. The van der Waals surface area contributed by atoms with E-state index in [0.29, 0.717) is 10.7 Å². The van der Waals surface area contributed by atoms with Crippen molar-refractivity contribution in [1.29, 1.82) is 0 Å². The molecule has 2 aromatic carbocycles. The molecule has 4 rings (SSSR count). The lowest BCUT2D eigenvalue weighted by Crippen LogP contribution is -2.26. The molecule has 0 aliphatic carbocycles. The minimum atomic E-state index is -4.90. The molecule has 0 spiro atoms. The summed E-state index contributed by atoms with van der Waals surface area (Å²) >= 11 is 0. The Morgan fingerprint density at radius 1 is 0.946 bits per heavy atom. The van der Waals surface area contributed by atoms with Gasteiger partial charge < -0.3 is 4.74 Å². The normalized spacial score (nSPS) is 12.6. The maximum Gasteiger partial charge on any atom is 0.573 e. The summed E-state index contributed by atoms with van der Waals surface area (Å²) in [5, 5.41) is 6.90. The summed E-state index contributed by atoms with van der Waals surface area (Å²) in [6, 6.07) is 7.90. The highest BCUT2D eigenvalue weighted by atomic mass is 32.2. The maximum atomic E-state index is 13.1. The number of alkyl halides is 6. The number of hydrogen-bond acceptors (Lipinski definition) is 7. The summed E-state index contributed by atoms with van der Waals surface area (Å²) in [6.07, 6.45) is -8.51. The third-order valence-corrected chi connectivity index (χ3v) is 6.89. The Morgan fingerprint density at radius 3 is 2.22 bits per heavy atom. The molecule has 0 aliphatic rings. The number of hydrogen-bond donors (Lipinski definition) is 0. The molecule has 194 valence electrons. The summed E-state index contributed by atoms with van der Waals surface area (Å²) in [5.74, 6) is -1.44. The summed E-state index contributed by atoms with van der Waals surface area (Å²) in [6.45, 7) is 1.32. The molecule has 0 atom stereocenters. The number of fused-ring (bicyclic) bond motifs is 1. The van der Waals surface area contributed by atoms with E-state index in [-0.39, 0.29) is 16.6 Å². The van der Waals surface area contributed by atoms with Gasteiger partial charge in [-0.2, -0.15) is 17.9 Å². The van der Waals surface area contributed by atoms with Crippen LogP contribution in [0.15, 0.2) is 64.4 Å². The minimum Gasteiger partial charge on any atom is -0.406 e. The maximum absolute atomic E-state index is 13.1. The lowest BCUT2D eigenvalue weighted by Gasteiger charge is -2.13. The molecular weight excluding hydrogens is 530 g/mol. The van der Waals surface area contributed by atoms with Crippen molar-refractivity contribution in [1.82, 2.24) is 20.0 Å². The Bertz CT molecular complexity index is 1650. The second-order valence-corrected chi connectivity index (χ2v) is 9.80. The van der Waals surface area contributed by atoms with Crippen LogP contribution < -0.4 is 10.3 Å². The molecule has 15 heteroatoms. The fourth-order valence-electron chi connectivity index (χ4n) is 3.34. The van der Waals surface area contributed by atoms with E-state index in [1.54, 1.807) is 0 Å². The van der Waals surface area contributed by atoms with E-state index in [2.05, 4.69) is 20.0 Å². The van der Waals surface area contributed by atoms with Crippen LogP contribution in [0.25, 0.3) is 27.8 Å². The molecule has 2 heterocycles. The first-order valence-corrected chi connectivity index (χ1v) is 11.9. The first-order chi connectivity index (χ1) is 17.2. The molecule has 0 fully saturated rings. The Balaban J connectivity index is 1.87. The van der Waals surface area contributed by atoms with E-state index in [9.17, 15) is 39.6 Å². The number of pyridine rings is 1. The summed E-state index contributed by atoms with van der Waals surface area (Å²) in [7, 11) is -4.08. The number of nitrogens with zero attached hydrogens (tertiary/aromatic N) is 4. The van der Waals surface area contributed by atoms with Gasteiger partial charge in [0.2, 0.25) is 0 Å². The van der Waals surface area contributed by atoms with Gasteiger partial charge in [-0.3, -0.25) is 4.79 Å². The van der Waals surface area contributed by atoms with Crippen LogP contribution in [-0.2, 0) is 16.0 Å². The number of aromatic nitrogens is 4. The number of halogens is 6. The monoisotopic (exact) mass is 544 g/mol. The fraction of sp³-hybridized carbons (Fsp3) is 0.182. The number of ether oxygens (including phenoxy) is 1. The smallest absolute Gasteiger partial charge is 0.406 e. The second kappa shape index (κ2) is 9.14. The van der Waals surface area contributed by atoms with Crippen LogP contribution in [0.3, 0.4) is 0 Å². The van der Waals surface area contributed by atoms with Gasteiger partial charge in [0.05, 0.1) is 16.7 Å². The molecule has 0 amide bonds. The summed E-state index contributed by atoms with van der Waals surface area (Å²) < 4.78 is 107. The standard InChI is InChI=1S/C22H14F6N4O4S/c1-2-37(34,35)18-9-13(12-3-6-15(7-4-12)36-22(26,27)28)11-29-19(18)32-20(33)16-10-14(21(23,24)25)5-8-17(16)30-31-32/h3-11H,2H2,1H3. The molecule has 0 saturated heterocycles. The predicted molar refractivity (Wildman–Crippen MR) is 118 cm³/mol. The lowest BCUT2D eigenvalue weighted by atomic mass is 10.1. The first-order valence-electron chi connectivity index (χ1n) is 10.3. The number of benzene rings is 2. The van der Waals surface area contributed by atoms with Gasteiger partial charge in [-0.25, -0.2) is 13.4 Å². The van der Waals surface area contributed by atoms with Crippen LogP contribution in [0.4, 0.5) is 26.3 Å². The highest BCUT2D eigenvalue weighted by Crippen LogP contribution is 2.31. The van der Waals surface area contributed by atoms with Gasteiger partial charge in [0.25, 0.3) is 5.56 Å². The third kappa shape index (κ3) is 5.40. The van der Waals surface area contributed by atoms with Crippen LogP contribution in [0.2, 0.25) is 0 Å². The Labute approximate surface area is 204 Å². The van der Waals surface area contributed by atoms with Crippen LogP contribution >= 0.6 is 0 Å². The molecule has 0 aliphatic heterocycles. The van der Waals surface area contributed by atoms with Gasteiger partial charge in [0, 0.05) is 11.8 Å². The van der Waals surface area contributed by atoms with E-state index in [1.807, 2.05) is 0 Å². The van der Waals surface area contributed by atoms with Crippen molar-refractivity contribution in [2.24, 2.45) is 0 Å².